The minimum atomic E-state index is -0.946. The number of hydrogen-bond acceptors (Lipinski definition) is 7. The van der Waals surface area contributed by atoms with E-state index < -0.39 is 17.7 Å². The first kappa shape index (κ1) is 21.9. The summed E-state index contributed by atoms with van der Waals surface area (Å²) in [6.07, 6.45) is 0. The van der Waals surface area contributed by atoms with E-state index in [2.05, 4.69) is 4.98 Å². The van der Waals surface area contributed by atoms with Gasteiger partial charge in [0.15, 0.2) is 5.13 Å². The summed E-state index contributed by atoms with van der Waals surface area (Å²) in [6, 6.07) is 16.8. The Labute approximate surface area is 203 Å². The van der Waals surface area contributed by atoms with Gasteiger partial charge in [0, 0.05) is 10.6 Å². The van der Waals surface area contributed by atoms with Gasteiger partial charge in [0.05, 0.1) is 28.9 Å². The Balaban J connectivity index is 1.71. The molecule has 1 amide bonds. The Hall–Kier alpha value is -3.88. The topological polar surface area (TPSA) is 100.0 Å². The van der Waals surface area contributed by atoms with Crippen molar-refractivity contribution in [3.05, 3.63) is 88.5 Å². The molecule has 2 heterocycles. The molecule has 34 heavy (non-hydrogen) atoms. The Morgan fingerprint density at radius 1 is 1.06 bits per heavy atom. The van der Waals surface area contributed by atoms with Gasteiger partial charge in [0.1, 0.15) is 17.3 Å². The van der Waals surface area contributed by atoms with Crippen LogP contribution in [0.2, 0.25) is 5.02 Å². The number of aliphatic hydroxyl groups is 1. The smallest absolute Gasteiger partial charge is 0.301 e. The molecule has 1 aliphatic rings. The van der Waals surface area contributed by atoms with Crippen molar-refractivity contribution in [3.63, 3.8) is 0 Å². The molecule has 0 radical (unpaired) electrons. The number of carbonyl (C=O) groups excluding carboxylic acids is 2. The normalized spacial score (nSPS) is 17.5. The number of amides is 1. The number of ether oxygens (including phenoxy) is 1. The number of ketones is 1. The Kier molecular flexibility index (Phi) is 5.47. The number of aromatic hydroxyl groups is 1. The summed E-state index contributed by atoms with van der Waals surface area (Å²) < 4.78 is 6.05. The molecule has 2 N–H and O–H groups in total. The second-order valence-corrected chi connectivity index (χ2v) is 9.04. The highest BCUT2D eigenvalue weighted by atomic mass is 35.5. The number of carbonyl (C=O) groups is 2. The number of nitrogens with zero attached hydrogens (tertiary/aromatic N) is 2. The van der Waals surface area contributed by atoms with Gasteiger partial charge < -0.3 is 14.9 Å². The molecule has 9 heteroatoms. The van der Waals surface area contributed by atoms with E-state index in [0.717, 1.165) is 4.70 Å². The molecule has 1 fully saturated rings. The van der Waals surface area contributed by atoms with Crippen molar-refractivity contribution >= 4 is 55.7 Å². The Morgan fingerprint density at radius 2 is 1.76 bits per heavy atom. The largest absolute Gasteiger partial charge is 0.508 e. The molecule has 1 unspecified atom stereocenters. The average molecular weight is 493 g/mol. The number of hydrogen-bond donors (Lipinski definition) is 2. The van der Waals surface area contributed by atoms with E-state index in [9.17, 15) is 19.8 Å². The molecule has 5 rings (SSSR count). The summed E-state index contributed by atoms with van der Waals surface area (Å²) in [7, 11) is 1.56. The highest BCUT2D eigenvalue weighted by Gasteiger charge is 2.48. The number of rotatable bonds is 4. The molecule has 0 spiro atoms. The number of aliphatic hydroxyl groups excluding tert-OH is 1. The van der Waals surface area contributed by atoms with Gasteiger partial charge in [-0.15, -0.1) is 0 Å². The van der Waals surface area contributed by atoms with E-state index >= 15 is 0 Å². The number of anilines is 1. The maximum absolute atomic E-state index is 13.3. The third kappa shape index (κ3) is 3.67. The summed E-state index contributed by atoms with van der Waals surface area (Å²) in [5.74, 6) is -1.28. The zero-order valence-electron chi connectivity index (χ0n) is 17.7. The number of phenolic OH excluding ortho intramolecular Hbond substituents is 1. The van der Waals surface area contributed by atoms with Gasteiger partial charge in [-0.1, -0.05) is 35.1 Å². The molecule has 1 aliphatic heterocycles. The lowest BCUT2D eigenvalue weighted by molar-refractivity contribution is -0.132. The number of fused-ring (bicyclic) bond motifs is 1. The minimum absolute atomic E-state index is 0.0329. The molecule has 4 aromatic rings. The van der Waals surface area contributed by atoms with E-state index in [4.69, 9.17) is 16.3 Å². The number of Topliss-reactive ketones (excluding diaryl/α,β-unsaturated/α-hetero) is 1. The first-order valence-electron chi connectivity index (χ1n) is 10.2. The van der Waals surface area contributed by atoms with E-state index in [1.807, 2.05) is 0 Å². The predicted octanol–water partition coefficient (Wildman–Crippen LogP) is 5.29. The fourth-order valence-electron chi connectivity index (χ4n) is 3.89. The fourth-order valence-corrected chi connectivity index (χ4v) is 5.03. The van der Waals surface area contributed by atoms with Crippen molar-refractivity contribution in [1.82, 2.24) is 4.98 Å². The molecule has 7 nitrogen and oxygen atoms in total. The van der Waals surface area contributed by atoms with Gasteiger partial charge in [-0.05, 0) is 60.2 Å². The van der Waals surface area contributed by atoms with Crippen LogP contribution in [-0.4, -0.2) is 34.0 Å². The van der Waals surface area contributed by atoms with Crippen LogP contribution >= 0.6 is 22.9 Å². The van der Waals surface area contributed by atoms with Crippen LogP contribution in [0.4, 0.5) is 5.13 Å². The number of methoxy groups -OCH3 is 1. The van der Waals surface area contributed by atoms with Crippen LogP contribution in [0.1, 0.15) is 17.2 Å². The van der Waals surface area contributed by atoms with Gasteiger partial charge in [-0.2, -0.15) is 0 Å². The zero-order valence-corrected chi connectivity index (χ0v) is 19.3. The van der Waals surface area contributed by atoms with Crippen LogP contribution in [0.25, 0.3) is 16.0 Å². The molecule has 170 valence electrons. The van der Waals surface area contributed by atoms with Gasteiger partial charge in [-0.25, -0.2) is 4.98 Å². The van der Waals surface area contributed by atoms with E-state index in [-0.39, 0.29) is 17.1 Å². The minimum Gasteiger partial charge on any atom is -0.508 e. The van der Waals surface area contributed by atoms with Crippen molar-refractivity contribution in [2.75, 3.05) is 12.0 Å². The van der Waals surface area contributed by atoms with E-state index in [1.165, 1.54) is 28.4 Å². The third-order valence-corrected chi connectivity index (χ3v) is 6.83. The zero-order chi connectivity index (χ0) is 24.0. The fraction of sp³-hybridized carbons (Fsp3) is 0.0800. The molecular formula is C25H17ClN2O5S. The standard InChI is InChI=1S/C25H17ClN2O5S/c1-33-17-10-11-18-19(12-17)34-25(27-18)28-21(13-4-8-16(29)9-5-13)20(23(31)24(28)32)22(30)14-2-6-15(26)7-3-14/h2-12,21,29-30H,1H3. The lowest BCUT2D eigenvalue weighted by Gasteiger charge is -2.23. The Bertz CT molecular complexity index is 1460. The third-order valence-electron chi connectivity index (χ3n) is 5.56. The molecule has 0 bridgehead atoms. The number of phenols is 1. The predicted molar refractivity (Wildman–Crippen MR) is 131 cm³/mol. The lowest BCUT2D eigenvalue weighted by Crippen LogP contribution is -2.29. The molecular weight excluding hydrogens is 476 g/mol. The summed E-state index contributed by atoms with van der Waals surface area (Å²) in [6.45, 7) is 0. The summed E-state index contributed by atoms with van der Waals surface area (Å²) in [5.41, 5.74) is 1.45. The van der Waals surface area contributed by atoms with Crippen molar-refractivity contribution in [2.45, 2.75) is 6.04 Å². The van der Waals surface area contributed by atoms with Crippen molar-refractivity contribution in [3.8, 4) is 11.5 Å². The van der Waals surface area contributed by atoms with Crippen LogP contribution in [0, 0.1) is 0 Å². The highest BCUT2D eigenvalue weighted by Crippen LogP contribution is 2.44. The molecule has 1 aromatic heterocycles. The second-order valence-electron chi connectivity index (χ2n) is 7.60. The molecule has 3 aromatic carbocycles. The van der Waals surface area contributed by atoms with Crippen LogP contribution in [0.5, 0.6) is 11.5 Å². The van der Waals surface area contributed by atoms with Crippen LogP contribution < -0.4 is 9.64 Å². The second kappa shape index (κ2) is 8.48. The number of halogens is 1. The quantitative estimate of drug-likeness (QED) is 0.228. The first-order chi connectivity index (χ1) is 16.4. The van der Waals surface area contributed by atoms with Crippen molar-refractivity contribution < 1.29 is 24.5 Å². The molecule has 1 saturated heterocycles. The van der Waals surface area contributed by atoms with Gasteiger partial charge >= 0.3 is 5.91 Å². The first-order valence-corrected chi connectivity index (χ1v) is 11.4. The summed E-state index contributed by atoms with van der Waals surface area (Å²) in [5, 5.41) is 21.7. The molecule has 1 atom stereocenters. The molecule has 0 aliphatic carbocycles. The molecule has 0 saturated carbocycles. The maximum Gasteiger partial charge on any atom is 0.301 e. The Morgan fingerprint density at radius 3 is 2.44 bits per heavy atom. The van der Waals surface area contributed by atoms with E-state index in [0.29, 0.717) is 32.5 Å². The summed E-state index contributed by atoms with van der Waals surface area (Å²) >= 11 is 7.20. The number of thiazole rings is 1. The SMILES string of the molecule is COc1ccc2nc(N3C(=O)C(=O)C(=C(O)c4ccc(Cl)cc4)C3c3ccc(O)cc3)sc2c1. The van der Waals surface area contributed by atoms with Crippen LogP contribution in [-0.2, 0) is 9.59 Å². The van der Waals surface area contributed by atoms with Crippen LogP contribution in [0.3, 0.4) is 0 Å². The maximum atomic E-state index is 13.3. The summed E-state index contributed by atoms with van der Waals surface area (Å²) in [4.78, 5) is 32.3. The average Bonchev–Trinajstić information content (AvgIpc) is 3.37. The van der Waals surface area contributed by atoms with Gasteiger partial charge in [0.2, 0.25) is 0 Å². The number of benzene rings is 3. The van der Waals surface area contributed by atoms with Crippen LogP contribution in [0.15, 0.2) is 72.3 Å². The monoisotopic (exact) mass is 492 g/mol. The highest BCUT2D eigenvalue weighted by molar-refractivity contribution is 7.22. The van der Waals surface area contributed by atoms with Crippen molar-refractivity contribution in [2.24, 2.45) is 0 Å². The number of aromatic nitrogens is 1. The van der Waals surface area contributed by atoms with Gasteiger partial charge in [0.25, 0.3) is 5.78 Å². The lowest BCUT2D eigenvalue weighted by atomic mass is 9.95. The van der Waals surface area contributed by atoms with Gasteiger partial charge in [-0.3, -0.25) is 14.5 Å². The van der Waals surface area contributed by atoms with Crippen molar-refractivity contribution in [1.29, 1.82) is 0 Å². The van der Waals surface area contributed by atoms with E-state index in [1.54, 1.807) is 61.7 Å².